The van der Waals surface area contributed by atoms with Gasteiger partial charge in [0.25, 0.3) is 0 Å². The maximum Gasteiger partial charge on any atom is 0.0375 e. The molecule has 1 heterocycles. The maximum atomic E-state index is 3.69. The highest BCUT2D eigenvalue weighted by Crippen LogP contribution is 2.26. The number of unbranched alkanes of at least 4 members (excludes halogenated alkanes) is 2. The maximum absolute atomic E-state index is 3.69. The highest BCUT2D eigenvalue weighted by molar-refractivity contribution is 5.56. The minimum atomic E-state index is 0.405. The molecule has 0 aliphatic carbocycles. The first-order valence-electron chi connectivity index (χ1n) is 8.68. The molecule has 1 aliphatic heterocycles. The third-order valence-electron chi connectivity index (χ3n) is 4.57. The summed E-state index contributed by atoms with van der Waals surface area (Å²) in [4.78, 5) is 0. The molecule has 2 rings (SSSR count). The van der Waals surface area contributed by atoms with E-state index in [4.69, 9.17) is 0 Å². The van der Waals surface area contributed by atoms with Crippen molar-refractivity contribution in [3.63, 3.8) is 0 Å². The zero-order valence-corrected chi connectivity index (χ0v) is 14.1. The van der Waals surface area contributed by atoms with Crippen LogP contribution in [0.5, 0.6) is 0 Å². The van der Waals surface area contributed by atoms with Crippen molar-refractivity contribution in [2.45, 2.75) is 65.8 Å². The molecule has 2 heteroatoms. The lowest BCUT2D eigenvalue weighted by Crippen LogP contribution is -2.29. The van der Waals surface area contributed by atoms with E-state index in [-0.39, 0.29) is 0 Å². The Kier molecular flexibility index (Phi) is 6.10. The fourth-order valence-corrected chi connectivity index (χ4v) is 3.23. The Hall–Kier alpha value is -1.02. The molecule has 0 spiro atoms. The summed E-state index contributed by atoms with van der Waals surface area (Å²) >= 11 is 0. The highest BCUT2D eigenvalue weighted by Gasteiger charge is 2.17. The monoisotopic (exact) mass is 288 g/mol. The molecule has 21 heavy (non-hydrogen) atoms. The molecule has 1 aromatic carbocycles. The smallest absolute Gasteiger partial charge is 0.0375 e. The molecule has 0 saturated heterocycles. The average molecular weight is 288 g/mol. The van der Waals surface area contributed by atoms with E-state index >= 15 is 0 Å². The van der Waals surface area contributed by atoms with Gasteiger partial charge in [0.15, 0.2) is 0 Å². The molecule has 0 saturated carbocycles. The van der Waals surface area contributed by atoms with E-state index in [0.717, 1.165) is 19.6 Å². The number of nitrogens with one attached hydrogen (secondary N) is 2. The van der Waals surface area contributed by atoms with E-state index in [0.29, 0.717) is 5.41 Å². The summed E-state index contributed by atoms with van der Waals surface area (Å²) < 4.78 is 0. The minimum Gasteiger partial charge on any atom is -0.385 e. The summed E-state index contributed by atoms with van der Waals surface area (Å²) in [5.41, 5.74) is 4.76. The number of rotatable bonds is 8. The summed E-state index contributed by atoms with van der Waals surface area (Å²) in [6, 6.07) is 6.68. The van der Waals surface area contributed by atoms with Crippen molar-refractivity contribution in [3.8, 4) is 0 Å². The van der Waals surface area contributed by atoms with Crippen molar-refractivity contribution >= 4 is 5.69 Å². The second kappa shape index (κ2) is 7.84. The Balaban J connectivity index is 1.83. The quantitative estimate of drug-likeness (QED) is 0.675. The van der Waals surface area contributed by atoms with Crippen LogP contribution in [0, 0.1) is 5.41 Å². The number of hydrogen-bond acceptors (Lipinski definition) is 2. The predicted octanol–water partition coefficient (Wildman–Crippen LogP) is 4.74. The van der Waals surface area contributed by atoms with Gasteiger partial charge in [0.1, 0.15) is 0 Å². The predicted molar refractivity (Wildman–Crippen MR) is 92.9 cm³/mol. The third kappa shape index (κ3) is 5.03. The molecule has 1 aliphatic rings. The van der Waals surface area contributed by atoms with Gasteiger partial charge >= 0.3 is 0 Å². The summed E-state index contributed by atoms with van der Waals surface area (Å²) in [6.07, 6.45) is 7.83. The Labute approximate surface area is 130 Å². The SMILES string of the molecule is CCCCCC(C)(C)CNCc1cccc2c1CCCN2. The normalized spacial score (nSPS) is 14.6. The fourth-order valence-electron chi connectivity index (χ4n) is 3.23. The van der Waals surface area contributed by atoms with Crippen LogP contribution in [-0.2, 0) is 13.0 Å². The molecule has 1 aromatic rings. The third-order valence-corrected chi connectivity index (χ3v) is 4.57. The number of hydrogen-bond donors (Lipinski definition) is 2. The van der Waals surface area contributed by atoms with Gasteiger partial charge in [0.2, 0.25) is 0 Å². The lowest BCUT2D eigenvalue weighted by molar-refractivity contribution is 0.302. The average Bonchev–Trinajstić information content (AvgIpc) is 2.47. The van der Waals surface area contributed by atoms with Crippen molar-refractivity contribution in [1.82, 2.24) is 5.32 Å². The van der Waals surface area contributed by atoms with Gasteiger partial charge in [-0.05, 0) is 41.9 Å². The van der Waals surface area contributed by atoms with Gasteiger partial charge in [-0.2, -0.15) is 0 Å². The van der Waals surface area contributed by atoms with E-state index in [9.17, 15) is 0 Å². The van der Waals surface area contributed by atoms with Crippen LogP contribution >= 0.6 is 0 Å². The van der Waals surface area contributed by atoms with Crippen molar-refractivity contribution in [1.29, 1.82) is 0 Å². The summed E-state index contributed by atoms with van der Waals surface area (Å²) in [6.45, 7) is 10.3. The molecule has 0 unspecified atom stereocenters. The van der Waals surface area contributed by atoms with Gasteiger partial charge in [-0.3, -0.25) is 0 Å². The lowest BCUT2D eigenvalue weighted by Gasteiger charge is -2.26. The molecule has 2 nitrogen and oxygen atoms in total. The van der Waals surface area contributed by atoms with Gasteiger partial charge < -0.3 is 10.6 Å². The molecule has 118 valence electrons. The van der Waals surface area contributed by atoms with Crippen molar-refractivity contribution in [3.05, 3.63) is 29.3 Å². The standard InChI is InChI=1S/C19H32N2/c1-4-5-6-12-19(2,3)15-20-14-16-9-7-11-18-17(16)10-8-13-21-18/h7,9,11,20-21H,4-6,8,10,12-15H2,1-3H3. The Morgan fingerprint density at radius 1 is 1.24 bits per heavy atom. The topological polar surface area (TPSA) is 24.1 Å². The number of anilines is 1. The molecule has 0 amide bonds. The van der Waals surface area contributed by atoms with Crippen LogP contribution in [0.25, 0.3) is 0 Å². The molecule has 0 radical (unpaired) electrons. The lowest BCUT2D eigenvalue weighted by atomic mass is 9.86. The highest BCUT2D eigenvalue weighted by atomic mass is 14.9. The first-order chi connectivity index (χ1) is 10.1. The first kappa shape index (κ1) is 16.4. The molecule has 2 N–H and O–H groups in total. The van der Waals surface area contributed by atoms with Crippen LogP contribution in [0.2, 0.25) is 0 Å². The summed E-state index contributed by atoms with van der Waals surface area (Å²) in [5, 5.41) is 7.21. The van der Waals surface area contributed by atoms with Crippen LogP contribution in [-0.4, -0.2) is 13.1 Å². The van der Waals surface area contributed by atoms with E-state index in [1.807, 2.05) is 0 Å². The van der Waals surface area contributed by atoms with Crippen molar-refractivity contribution in [2.24, 2.45) is 5.41 Å². The van der Waals surface area contributed by atoms with Crippen LogP contribution < -0.4 is 10.6 Å². The second-order valence-electron chi connectivity index (χ2n) is 7.20. The van der Waals surface area contributed by atoms with Gasteiger partial charge in [-0.25, -0.2) is 0 Å². The minimum absolute atomic E-state index is 0.405. The second-order valence-corrected chi connectivity index (χ2v) is 7.20. The van der Waals surface area contributed by atoms with Crippen LogP contribution in [0.15, 0.2) is 18.2 Å². The van der Waals surface area contributed by atoms with E-state index < -0.39 is 0 Å². The van der Waals surface area contributed by atoms with Gasteiger partial charge in [0.05, 0.1) is 0 Å². The van der Waals surface area contributed by atoms with E-state index in [1.165, 1.54) is 55.3 Å². The van der Waals surface area contributed by atoms with Gasteiger partial charge in [0, 0.05) is 25.3 Å². The zero-order valence-electron chi connectivity index (χ0n) is 14.1. The summed E-state index contributed by atoms with van der Waals surface area (Å²) in [5.74, 6) is 0. The van der Waals surface area contributed by atoms with Crippen LogP contribution in [0.1, 0.15) is 64.0 Å². The molecular weight excluding hydrogens is 256 g/mol. The molecule has 0 atom stereocenters. The van der Waals surface area contributed by atoms with Gasteiger partial charge in [-0.15, -0.1) is 0 Å². The number of benzene rings is 1. The fraction of sp³-hybridized carbons (Fsp3) is 0.684. The van der Waals surface area contributed by atoms with Gasteiger partial charge in [-0.1, -0.05) is 52.2 Å². The largest absolute Gasteiger partial charge is 0.385 e. The van der Waals surface area contributed by atoms with Crippen LogP contribution in [0.3, 0.4) is 0 Å². The summed E-state index contributed by atoms with van der Waals surface area (Å²) in [7, 11) is 0. The van der Waals surface area contributed by atoms with Crippen molar-refractivity contribution in [2.75, 3.05) is 18.4 Å². The first-order valence-corrected chi connectivity index (χ1v) is 8.68. The van der Waals surface area contributed by atoms with Crippen molar-refractivity contribution < 1.29 is 0 Å². The Morgan fingerprint density at radius 3 is 2.90 bits per heavy atom. The number of fused-ring (bicyclic) bond motifs is 1. The molecular formula is C19H32N2. The molecule has 0 fully saturated rings. The Bertz CT molecular complexity index is 437. The van der Waals surface area contributed by atoms with Crippen LogP contribution in [0.4, 0.5) is 5.69 Å². The van der Waals surface area contributed by atoms with E-state index in [2.05, 4.69) is 49.6 Å². The zero-order chi connectivity index (χ0) is 15.1. The van der Waals surface area contributed by atoms with E-state index in [1.54, 1.807) is 0 Å². The Morgan fingerprint density at radius 2 is 2.10 bits per heavy atom. The molecule has 0 bridgehead atoms. The molecule has 0 aromatic heterocycles.